The van der Waals surface area contributed by atoms with Gasteiger partial charge in [0.25, 0.3) is 18.2 Å². The van der Waals surface area contributed by atoms with Crippen molar-refractivity contribution in [1.29, 1.82) is 0 Å². The molecule has 9 rings (SSSR count). The summed E-state index contributed by atoms with van der Waals surface area (Å²) in [6.07, 6.45) is -15.0. The lowest BCUT2D eigenvalue weighted by Gasteiger charge is -2.35. The third kappa shape index (κ3) is 18.7. The van der Waals surface area contributed by atoms with Crippen LogP contribution in [0.4, 0.5) is 0 Å². The normalized spacial score (nSPS) is 26.5. The Balaban J connectivity index is 0.937. The van der Waals surface area contributed by atoms with Crippen LogP contribution in [0.15, 0.2) is 95.4 Å². The summed E-state index contributed by atoms with van der Waals surface area (Å²) in [6, 6.07) is 11.4. The number of nitrogens with two attached hydrogens (primary N) is 1. The largest absolute Gasteiger partial charge is 0.504 e. The van der Waals surface area contributed by atoms with Crippen molar-refractivity contribution in [2.24, 2.45) is 11.7 Å². The van der Waals surface area contributed by atoms with Crippen molar-refractivity contribution in [2.45, 2.75) is 145 Å². The molecule has 0 spiro atoms. The van der Waals surface area contributed by atoms with Crippen LogP contribution >= 0.6 is 12.3 Å². The summed E-state index contributed by atoms with van der Waals surface area (Å²) in [6.45, 7) is 8.09. The average molecular weight is 1420 g/mol. The molecule has 34 nitrogen and oxygen atoms in total. The van der Waals surface area contributed by atoms with Crippen LogP contribution in [0, 0.1) is 5.92 Å². The maximum absolute atomic E-state index is 14.7. The van der Waals surface area contributed by atoms with E-state index >= 15 is 0 Å². The van der Waals surface area contributed by atoms with Gasteiger partial charge in [0.05, 0.1) is 55.8 Å². The highest BCUT2D eigenvalue weighted by molar-refractivity contribution is 7.90. The summed E-state index contributed by atoms with van der Waals surface area (Å²) in [5.74, 6) is -11.0. The number of aromatic hydroxyl groups is 1. The molecule has 540 valence electrons. The fraction of sp³-hybridized carbons (Fsp3) is 0.477. The number of β-amino-alcohol motifs (C(OH)–C–C–N with tert-alkyl or cyclic N) is 1. The van der Waals surface area contributed by atoms with Gasteiger partial charge in [0.15, 0.2) is 11.5 Å². The van der Waals surface area contributed by atoms with E-state index in [1.165, 1.54) is 31.2 Å². The number of ether oxygens (including phenoxy) is 2. The van der Waals surface area contributed by atoms with E-state index in [1.54, 1.807) is 0 Å². The number of hydrogen-bond donors (Lipinski definition) is 15. The Morgan fingerprint density at radius 3 is 1.95 bits per heavy atom. The summed E-state index contributed by atoms with van der Waals surface area (Å²) in [5, 5.41) is 123. The number of amides is 8. The Morgan fingerprint density at radius 2 is 1.32 bits per heavy atom. The van der Waals surface area contributed by atoms with Gasteiger partial charge in [0.2, 0.25) is 53.1 Å². The Hall–Kier alpha value is -8.95. The number of primary amides is 1. The van der Waals surface area contributed by atoms with Crippen LogP contribution in [0.1, 0.15) is 75.4 Å². The lowest BCUT2D eigenvalue weighted by molar-refractivity contribution is -0.433. The van der Waals surface area contributed by atoms with Gasteiger partial charge in [-0.2, -0.15) is 0 Å². The lowest BCUT2D eigenvalue weighted by atomic mass is 9.96. The predicted octanol–water partition coefficient (Wildman–Crippen LogP) is -1.67. The fourth-order valence-corrected chi connectivity index (χ4v) is 12.7. The van der Waals surface area contributed by atoms with Gasteiger partial charge in [-0.3, -0.25) is 43.3 Å². The van der Waals surface area contributed by atoms with Crippen molar-refractivity contribution in [2.75, 3.05) is 45.9 Å². The topological polar surface area (TPSA) is 500 Å². The van der Waals surface area contributed by atoms with Gasteiger partial charge in [-0.05, 0) is 105 Å². The van der Waals surface area contributed by atoms with Crippen molar-refractivity contribution < 1.29 is 112 Å². The molecule has 4 aromatic carbocycles. The van der Waals surface area contributed by atoms with E-state index in [-0.39, 0.29) is 47.4 Å². The lowest BCUT2D eigenvalue weighted by Crippen LogP contribution is -2.64. The van der Waals surface area contributed by atoms with Crippen molar-refractivity contribution in [3.05, 3.63) is 102 Å². The van der Waals surface area contributed by atoms with Gasteiger partial charge in [-0.15, -0.1) is 10.2 Å². The first-order valence-corrected chi connectivity index (χ1v) is 32.8. The van der Waals surface area contributed by atoms with E-state index in [1.807, 2.05) is 48.5 Å². The number of carbonyl (C=O) groups excluding carboxylic acids is 8. The molecule has 14 unspecified atom stereocenters. The van der Waals surface area contributed by atoms with Crippen LogP contribution in [0.2, 0.25) is 0 Å². The zero-order valence-corrected chi connectivity index (χ0v) is 55.5. The standard InChI is InChI=1S/C65H81N11O23S/c1-31-27-76-53(54(31)83)61(90)67-26-41(78)23-44(68-57(86)37-8-12-39(13-9-37)63-73-72-62(96-63)38-10-6-35(7-11-38)36-14-17-43(18-15-36)94-21-5-20-74-28-32(2)95-33(3)29-74)58(87)69-50(34(4)77)64(91)75-30-42(79)24-45(75)59(88)71-52(60(89)70-51(65(76)92)47(81)25-49(66)82)56(85)55(84)40-16-19-46(80)48(22-40)97-100-99-98-93/h6-19,22,31-34,41-42,44-45,47,50-56,77-81,83-85,93H,5,20-21,23-30H2,1-4H3,(H2,66,82)(H,67,90)(H,68,86)(H,69,87)(H,70,89)(H,71,88)/t31?,32-,33+,34?,41?,42?,44?,45?,47?,50?,51?,52?,53?,54?,55?,56?. The number of rotatable bonds is 21. The number of aliphatic hydroxyl groups excluding tert-OH is 7. The highest BCUT2D eigenvalue weighted by Gasteiger charge is 2.50. The number of hydrogen-bond acceptors (Lipinski definition) is 27. The van der Waals surface area contributed by atoms with Crippen molar-refractivity contribution in [3.8, 4) is 51.3 Å². The molecule has 5 heterocycles. The van der Waals surface area contributed by atoms with Crippen LogP contribution in [-0.4, -0.2) is 249 Å². The van der Waals surface area contributed by atoms with E-state index in [0.717, 1.165) is 77.9 Å². The second-order valence-corrected chi connectivity index (χ2v) is 25.6. The van der Waals surface area contributed by atoms with Crippen molar-refractivity contribution >= 4 is 59.6 Å². The highest BCUT2D eigenvalue weighted by atomic mass is 32.2. The number of carbonyl (C=O) groups is 8. The molecule has 0 bridgehead atoms. The zero-order chi connectivity index (χ0) is 72.2. The van der Waals surface area contributed by atoms with E-state index in [4.69, 9.17) is 29.1 Å². The van der Waals surface area contributed by atoms with E-state index in [0.29, 0.717) is 17.7 Å². The first kappa shape index (κ1) is 75.3. The molecule has 0 aliphatic carbocycles. The number of morpholine rings is 1. The molecule has 0 radical (unpaired) electrons. The summed E-state index contributed by atoms with van der Waals surface area (Å²) >= 11 is -0.0270. The quantitative estimate of drug-likeness (QED) is 0.0169. The van der Waals surface area contributed by atoms with Crippen LogP contribution in [0.5, 0.6) is 17.2 Å². The number of benzene rings is 4. The molecule has 4 fully saturated rings. The van der Waals surface area contributed by atoms with Gasteiger partial charge in [-0.25, -0.2) is 5.26 Å². The molecule has 16 atom stereocenters. The minimum Gasteiger partial charge on any atom is -0.504 e. The molecule has 16 N–H and O–H groups in total. The molecular formula is C65H81N11O23S. The van der Waals surface area contributed by atoms with Crippen LogP contribution in [0.25, 0.3) is 34.0 Å². The Labute approximate surface area is 576 Å². The monoisotopic (exact) mass is 1420 g/mol. The van der Waals surface area contributed by atoms with E-state index in [9.17, 15) is 79.2 Å². The molecule has 4 aliphatic heterocycles. The first-order chi connectivity index (χ1) is 47.7. The van der Waals surface area contributed by atoms with E-state index < -0.39 is 183 Å². The minimum absolute atomic E-state index is 0.0270. The van der Waals surface area contributed by atoms with Gasteiger partial charge in [0, 0.05) is 74.7 Å². The minimum atomic E-state index is -2.54. The molecule has 4 aliphatic rings. The third-order valence-electron chi connectivity index (χ3n) is 17.5. The number of phenolic OH excluding ortho intramolecular Hbond substituents is 1. The number of nitrogens with one attached hydrogen (secondary N) is 5. The van der Waals surface area contributed by atoms with Gasteiger partial charge >= 0.3 is 0 Å². The number of aliphatic hydroxyl groups is 7. The maximum Gasteiger partial charge on any atom is 0.261 e. The van der Waals surface area contributed by atoms with Crippen LogP contribution in [0.3, 0.4) is 0 Å². The molecule has 100 heavy (non-hydrogen) atoms. The smallest absolute Gasteiger partial charge is 0.261 e. The van der Waals surface area contributed by atoms with Crippen molar-refractivity contribution in [1.82, 2.24) is 51.5 Å². The van der Waals surface area contributed by atoms with Crippen LogP contribution in [-0.2, 0) is 47.7 Å². The molecule has 1 aromatic heterocycles. The van der Waals surface area contributed by atoms with Crippen molar-refractivity contribution in [3.63, 3.8) is 0 Å². The van der Waals surface area contributed by atoms with Crippen LogP contribution < -0.4 is 41.2 Å². The summed E-state index contributed by atoms with van der Waals surface area (Å²) in [4.78, 5) is 118. The Morgan fingerprint density at radius 1 is 0.720 bits per heavy atom. The molecule has 5 aromatic rings. The Kier molecular flexibility index (Phi) is 25.5. The number of nitrogens with zero attached hydrogens (tertiary/aromatic N) is 5. The van der Waals surface area contributed by atoms with Gasteiger partial charge in [-0.1, -0.05) is 46.6 Å². The summed E-state index contributed by atoms with van der Waals surface area (Å²) in [5.41, 5.74) is 7.84. The summed E-state index contributed by atoms with van der Waals surface area (Å²) in [7, 11) is 0. The Bertz CT molecular complexity index is 3680. The molecule has 0 saturated carbocycles. The second kappa shape index (κ2) is 33.9. The van der Waals surface area contributed by atoms with Gasteiger partial charge < -0.3 is 101 Å². The fourth-order valence-electron chi connectivity index (χ4n) is 12.4. The molecule has 4 saturated heterocycles. The SMILES string of the molecule is CC(O)C1NC(=O)C(NC(=O)c2ccc(-c3nnc(-c4ccc(-c5ccc(OCCCN6C[C@@H](C)O[C@@H](C)C6)cc5)cc4)o3)cc2)CC(O)CNC(=O)C2C(O)C(C)CN2C(=O)C(C(O)CC(N)=O)NC(=O)C(C(O)C(O)c2ccc(O)c(OSOOO)c2)NC(=O)C2CC(O)CN2C1=O. The maximum atomic E-state index is 14.7. The van der Waals surface area contributed by atoms with Gasteiger partial charge in [0.1, 0.15) is 54.2 Å². The zero-order valence-electron chi connectivity index (χ0n) is 54.6. The number of fused-ring (bicyclic) bond motifs is 2. The average Bonchev–Trinajstić information content (AvgIpc) is 1.59. The molecule has 35 heteroatoms. The first-order valence-electron chi connectivity index (χ1n) is 32.1. The number of phenols is 1. The second-order valence-electron chi connectivity index (χ2n) is 25.2. The highest BCUT2D eigenvalue weighted by Crippen LogP contribution is 2.35. The molecular weight excluding hydrogens is 1330 g/mol. The third-order valence-corrected chi connectivity index (χ3v) is 17.8. The summed E-state index contributed by atoms with van der Waals surface area (Å²) < 4.78 is 27.1. The molecule has 8 amide bonds. The number of aromatic nitrogens is 2. The predicted molar refractivity (Wildman–Crippen MR) is 348 cm³/mol. The van der Waals surface area contributed by atoms with E-state index in [2.05, 4.69) is 64.9 Å².